The van der Waals surface area contributed by atoms with Crippen LogP contribution >= 0.6 is 7.75 Å². The first-order chi connectivity index (χ1) is 14.1. The number of aliphatic hydroxyl groups excluding tert-OH is 1. The van der Waals surface area contributed by atoms with E-state index in [4.69, 9.17) is 13.8 Å². The van der Waals surface area contributed by atoms with Crippen molar-refractivity contribution in [1.29, 1.82) is 0 Å². The molecule has 1 unspecified atom stereocenters. The Morgan fingerprint density at radius 2 is 1.97 bits per heavy atom. The van der Waals surface area contributed by atoms with Crippen LogP contribution in [0.5, 0.6) is 5.75 Å². The average molecular weight is 438 g/mol. The summed E-state index contributed by atoms with van der Waals surface area (Å²) in [5.41, 5.74) is 0.904. The Hall–Kier alpha value is -2.61. The van der Waals surface area contributed by atoms with Gasteiger partial charge in [-0.1, -0.05) is 18.2 Å². The lowest BCUT2D eigenvalue weighted by atomic mass is 10.0. The van der Waals surface area contributed by atoms with Gasteiger partial charge in [0, 0.05) is 6.54 Å². The number of hydrogen-bond donors (Lipinski definition) is 3. The SMILES string of the molecule is CC1=C(O)C(C=O)=C(COP(=O)(N[C@@H](C)C(=O)OC(C)C)Oc2ccccc2)CN1. The van der Waals surface area contributed by atoms with Gasteiger partial charge >= 0.3 is 13.7 Å². The molecular weight excluding hydrogens is 411 g/mol. The first-order valence-corrected chi connectivity index (χ1v) is 11.0. The Kier molecular flexibility index (Phi) is 8.23. The highest BCUT2D eigenvalue weighted by Gasteiger charge is 2.33. The van der Waals surface area contributed by atoms with Crippen molar-refractivity contribution in [2.45, 2.75) is 39.8 Å². The Balaban J connectivity index is 2.23. The number of allylic oxidation sites excluding steroid dienone is 2. The maximum atomic E-state index is 13.4. The normalized spacial score (nSPS) is 17.2. The zero-order chi connectivity index (χ0) is 22.3. The molecule has 9 nitrogen and oxygen atoms in total. The van der Waals surface area contributed by atoms with Crippen LogP contribution in [0.3, 0.4) is 0 Å². The Morgan fingerprint density at radius 3 is 2.57 bits per heavy atom. The number of carbonyl (C=O) groups excluding carboxylic acids is 2. The van der Waals surface area contributed by atoms with E-state index in [0.717, 1.165) is 0 Å². The number of hydrogen-bond acceptors (Lipinski definition) is 8. The fourth-order valence-electron chi connectivity index (χ4n) is 2.55. The summed E-state index contributed by atoms with van der Waals surface area (Å²) in [4.78, 5) is 23.5. The molecule has 3 N–H and O–H groups in total. The van der Waals surface area contributed by atoms with Gasteiger partial charge in [0.05, 0.1) is 24.0 Å². The third-order valence-electron chi connectivity index (χ3n) is 4.11. The predicted molar refractivity (Wildman–Crippen MR) is 111 cm³/mol. The van der Waals surface area contributed by atoms with Gasteiger partial charge in [0.1, 0.15) is 17.6 Å². The van der Waals surface area contributed by atoms with Crippen molar-refractivity contribution in [1.82, 2.24) is 10.4 Å². The van der Waals surface area contributed by atoms with Crippen LogP contribution < -0.4 is 14.9 Å². The van der Waals surface area contributed by atoms with E-state index in [1.165, 1.54) is 6.92 Å². The molecule has 1 heterocycles. The highest BCUT2D eigenvalue weighted by molar-refractivity contribution is 7.52. The van der Waals surface area contributed by atoms with Crippen LogP contribution in [0.4, 0.5) is 0 Å². The number of para-hydroxylation sites is 1. The summed E-state index contributed by atoms with van der Waals surface area (Å²) in [5, 5.41) is 15.6. The number of carbonyl (C=O) groups is 2. The summed E-state index contributed by atoms with van der Waals surface area (Å²) in [6.45, 7) is 6.45. The lowest BCUT2D eigenvalue weighted by Crippen LogP contribution is -2.36. The molecule has 164 valence electrons. The van der Waals surface area contributed by atoms with Gasteiger partial charge in [-0.2, -0.15) is 5.09 Å². The molecule has 1 aromatic rings. The molecule has 30 heavy (non-hydrogen) atoms. The van der Waals surface area contributed by atoms with Crippen molar-refractivity contribution in [2.24, 2.45) is 0 Å². The summed E-state index contributed by atoms with van der Waals surface area (Å²) in [6, 6.07) is 7.35. The molecule has 1 aromatic carbocycles. The molecular formula is C20H27N2O7P. The van der Waals surface area contributed by atoms with Crippen molar-refractivity contribution < 1.29 is 33.0 Å². The minimum Gasteiger partial charge on any atom is -0.505 e. The van der Waals surface area contributed by atoms with E-state index in [-0.39, 0.29) is 36.3 Å². The largest absolute Gasteiger partial charge is 0.505 e. The number of rotatable bonds is 10. The maximum Gasteiger partial charge on any atom is 0.459 e. The molecule has 0 aliphatic carbocycles. The van der Waals surface area contributed by atoms with Crippen LogP contribution in [0, 0.1) is 0 Å². The minimum absolute atomic E-state index is 0.0600. The maximum absolute atomic E-state index is 13.4. The third kappa shape index (κ3) is 6.45. The lowest BCUT2D eigenvalue weighted by molar-refractivity contribution is -0.149. The summed E-state index contributed by atoms with van der Waals surface area (Å²) >= 11 is 0. The van der Waals surface area contributed by atoms with Crippen molar-refractivity contribution in [3.8, 4) is 5.75 Å². The molecule has 2 rings (SSSR count). The van der Waals surface area contributed by atoms with E-state index in [1.807, 2.05) is 0 Å². The lowest BCUT2D eigenvalue weighted by Gasteiger charge is -2.25. The predicted octanol–water partition coefficient (Wildman–Crippen LogP) is 3.01. The van der Waals surface area contributed by atoms with E-state index in [0.29, 0.717) is 17.6 Å². The van der Waals surface area contributed by atoms with E-state index < -0.39 is 19.8 Å². The highest BCUT2D eigenvalue weighted by atomic mass is 31.2. The van der Waals surface area contributed by atoms with E-state index >= 15 is 0 Å². The van der Waals surface area contributed by atoms with Crippen LogP contribution in [0.15, 0.2) is 52.9 Å². The monoisotopic (exact) mass is 438 g/mol. The second-order valence-corrected chi connectivity index (χ2v) is 8.67. The van der Waals surface area contributed by atoms with Gasteiger partial charge in [-0.25, -0.2) is 4.57 Å². The zero-order valence-electron chi connectivity index (χ0n) is 17.4. The van der Waals surface area contributed by atoms with E-state index in [9.17, 15) is 19.3 Å². The molecule has 0 spiro atoms. The number of ether oxygens (including phenoxy) is 1. The van der Waals surface area contributed by atoms with Gasteiger partial charge in [-0.15, -0.1) is 0 Å². The molecule has 1 aliphatic rings. The summed E-state index contributed by atoms with van der Waals surface area (Å²) < 4.78 is 29.6. The third-order valence-corrected chi connectivity index (χ3v) is 5.73. The highest BCUT2D eigenvalue weighted by Crippen LogP contribution is 2.45. The van der Waals surface area contributed by atoms with Gasteiger partial charge < -0.3 is 19.7 Å². The second-order valence-electron chi connectivity index (χ2n) is 6.97. The molecule has 0 saturated carbocycles. The van der Waals surface area contributed by atoms with Crippen LogP contribution in [0.25, 0.3) is 0 Å². The summed E-state index contributed by atoms with van der Waals surface area (Å²) in [6.07, 6.45) is 0.168. The number of dihydropyridines is 1. The smallest absolute Gasteiger partial charge is 0.459 e. The number of aldehydes is 1. The van der Waals surface area contributed by atoms with E-state index in [2.05, 4.69) is 10.4 Å². The summed E-state index contributed by atoms with van der Waals surface area (Å²) in [7, 11) is -4.06. The number of nitrogens with one attached hydrogen (secondary N) is 2. The quantitative estimate of drug-likeness (QED) is 0.287. The number of esters is 1. The van der Waals surface area contributed by atoms with Gasteiger partial charge in [-0.3, -0.25) is 14.1 Å². The second kappa shape index (κ2) is 10.4. The molecule has 10 heteroatoms. The number of benzene rings is 1. The molecule has 0 amide bonds. The molecule has 0 radical (unpaired) electrons. The van der Waals surface area contributed by atoms with Gasteiger partial charge in [0.2, 0.25) is 0 Å². The number of aliphatic hydroxyl groups is 1. The fraction of sp³-hybridized carbons (Fsp3) is 0.400. The first kappa shape index (κ1) is 23.7. The van der Waals surface area contributed by atoms with Crippen LogP contribution in [0.1, 0.15) is 27.7 Å². The Labute approximate surface area is 175 Å². The van der Waals surface area contributed by atoms with Crippen molar-refractivity contribution in [2.75, 3.05) is 13.2 Å². The van der Waals surface area contributed by atoms with Gasteiger partial charge in [0.15, 0.2) is 6.29 Å². The van der Waals surface area contributed by atoms with Crippen molar-refractivity contribution >= 4 is 20.0 Å². The van der Waals surface area contributed by atoms with Crippen molar-refractivity contribution in [3.63, 3.8) is 0 Å². The molecule has 2 atom stereocenters. The minimum atomic E-state index is -4.06. The van der Waals surface area contributed by atoms with Gasteiger partial charge in [0.25, 0.3) is 0 Å². The first-order valence-electron chi connectivity index (χ1n) is 9.44. The Bertz CT molecular complexity index is 880. The van der Waals surface area contributed by atoms with Crippen LogP contribution in [0.2, 0.25) is 0 Å². The van der Waals surface area contributed by atoms with Gasteiger partial charge in [-0.05, 0) is 45.4 Å². The molecule has 0 bridgehead atoms. The summed E-state index contributed by atoms with van der Waals surface area (Å²) in [5.74, 6) is -0.549. The molecule has 0 aromatic heterocycles. The fourth-order valence-corrected chi connectivity index (χ4v) is 4.04. The topological polar surface area (TPSA) is 123 Å². The standard InChI is InChI=1S/C20H27N2O7P/c1-13(2)28-20(25)15(4)22-30(26,29-17-8-6-5-7-9-17)27-12-16-10-21-14(3)19(24)18(16)11-23/h5-9,11,13,15,21,24H,10,12H2,1-4H3,(H,22,26)/t15-,30?/m0/s1. The zero-order valence-corrected chi connectivity index (χ0v) is 18.3. The van der Waals surface area contributed by atoms with Crippen LogP contribution in [-0.2, 0) is 23.4 Å². The average Bonchev–Trinajstić information content (AvgIpc) is 2.69. The molecule has 0 saturated heterocycles. The molecule has 0 fully saturated rings. The van der Waals surface area contributed by atoms with Crippen molar-refractivity contribution in [3.05, 3.63) is 52.9 Å². The van der Waals surface area contributed by atoms with Crippen LogP contribution in [-0.4, -0.2) is 42.7 Å². The Morgan fingerprint density at radius 1 is 1.30 bits per heavy atom. The van der Waals surface area contributed by atoms with E-state index in [1.54, 1.807) is 51.1 Å². The molecule has 1 aliphatic heterocycles.